The first-order chi connectivity index (χ1) is 10.2. The molecule has 2 N–H and O–H groups in total. The van der Waals surface area contributed by atoms with Gasteiger partial charge in [0.15, 0.2) is 0 Å². The molecule has 0 amide bonds. The molecule has 21 heavy (non-hydrogen) atoms. The number of benzene rings is 1. The molecule has 5 heteroatoms. The van der Waals surface area contributed by atoms with Gasteiger partial charge in [-0.05, 0) is 24.6 Å². The van der Waals surface area contributed by atoms with Gasteiger partial charge in [-0.15, -0.1) is 0 Å². The monoisotopic (exact) mass is 289 g/mol. The lowest BCUT2D eigenvalue weighted by molar-refractivity contribution is 0.0691. The molecule has 2 saturated heterocycles. The Labute approximate surface area is 125 Å². The van der Waals surface area contributed by atoms with E-state index in [1.165, 1.54) is 6.42 Å². The summed E-state index contributed by atoms with van der Waals surface area (Å²) in [6, 6.07) is 8.02. The van der Waals surface area contributed by atoms with Crippen LogP contribution in [0, 0.1) is 0 Å². The highest BCUT2D eigenvalue weighted by Crippen LogP contribution is 2.16. The summed E-state index contributed by atoms with van der Waals surface area (Å²) in [5, 5.41) is 12.7. The van der Waals surface area contributed by atoms with E-state index in [2.05, 4.69) is 15.1 Å². The SMILES string of the molecule is O=C(O)c1ccccc1CN1CCN([C@H]2CCNC2)CC1. The van der Waals surface area contributed by atoms with Crippen LogP contribution in [-0.4, -0.2) is 66.2 Å². The molecule has 2 aliphatic rings. The molecule has 0 aliphatic carbocycles. The predicted octanol–water partition coefficient (Wildman–Crippen LogP) is 0.864. The standard InChI is InChI=1S/C16H23N3O2/c20-16(21)15-4-2-1-3-13(15)12-18-7-9-19(10-8-18)14-5-6-17-11-14/h1-4,14,17H,5-12H2,(H,20,21)/t14-/m0/s1. The van der Waals surface area contributed by atoms with E-state index in [1.54, 1.807) is 12.1 Å². The molecular formula is C16H23N3O2. The zero-order valence-corrected chi connectivity index (χ0v) is 12.3. The number of carboxylic acids is 1. The Kier molecular flexibility index (Phi) is 4.53. The molecule has 3 rings (SSSR count). The third-order valence-corrected chi connectivity index (χ3v) is 4.60. The first kappa shape index (κ1) is 14.5. The van der Waals surface area contributed by atoms with Crippen molar-refractivity contribution in [1.82, 2.24) is 15.1 Å². The zero-order chi connectivity index (χ0) is 14.7. The topological polar surface area (TPSA) is 55.8 Å². The van der Waals surface area contributed by atoms with Gasteiger partial charge in [0.1, 0.15) is 0 Å². The highest BCUT2D eigenvalue weighted by molar-refractivity contribution is 5.89. The van der Waals surface area contributed by atoms with Crippen molar-refractivity contribution in [2.75, 3.05) is 39.3 Å². The molecular weight excluding hydrogens is 266 g/mol. The Balaban J connectivity index is 1.57. The van der Waals surface area contributed by atoms with Crippen molar-refractivity contribution in [1.29, 1.82) is 0 Å². The number of nitrogens with zero attached hydrogens (tertiary/aromatic N) is 2. The zero-order valence-electron chi connectivity index (χ0n) is 12.3. The number of piperazine rings is 1. The number of carbonyl (C=O) groups is 1. The minimum atomic E-state index is -0.832. The fourth-order valence-electron chi connectivity index (χ4n) is 3.35. The Bertz CT molecular complexity index is 492. The molecule has 0 spiro atoms. The fraction of sp³-hybridized carbons (Fsp3) is 0.562. The lowest BCUT2D eigenvalue weighted by Gasteiger charge is -2.37. The van der Waals surface area contributed by atoms with Crippen molar-refractivity contribution >= 4 is 5.97 Å². The van der Waals surface area contributed by atoms with Crippen molar-refractivity contribution < 1.29 is 9.90 Å². The number of hydrogen-bond acceptors (Lipinski definition) is 4. The molecule has 0 bridgehead atoms. The maximum atomic E-state index is 11.3. The molecule has 1 atom stereocenters. The third kappa shape index (κ3) is 3.43. The van der Waals surface area contributed by atoms with Crippen LogP contribution in [-0.2, 0) is 6.54 Å². The van der Waals surface area contributed by atoms with E-state index in [-0.39, 0.29) is 0 Å². The van der Waals surface area contributed by atoms with Crippen LogP contribution in [0.4, 0.5) is 0 Å². The third-order valence-electron chi connectivity index (χ3n) is 4.60. The molecule has 0 aromatic heterocycles. The molecule has 2 aliphatic heterocycles. The highest BCUT2D eigenvalue weighted by Gasteiger charge is 2.26. The summed E-state index contributed by atoms with van der Waals surface area (Å²) in [5.74, 6) is -0.832. The van der Waals surface area contributed by atoms with Gasteiger partial charge in [0.05, 0.1) is 5.56 Å². The number of nitrogens with one attached hydrogen (secondary N) is 1. The van der Waals surface area contributed by atoms with Gasteiger partial charge >= 0.3 is 5.97 Å². The molecule has 2 fully saturated rings. The Morgan fingerprint density at radius 2 is 2.00 bits per heavy atom. The summed E-state index contributed by atoms with van der Waals surface area (Å²) in [5.41, 5.74) is 1.35. The van der Waals surface area contributed by atoms with Gasteiger partial charge in [-0.1, -0.05) is 18.2 Å². The highest BCUT2D eigenvalue weighted by atomic mass is 16.4. The Morgan fingerprint density at radius 3 is 2.67 bits per heavy atom. The predicted molar refractivity (Wildman–Crippen MR) is 81.5 cm³/mol. The van der Waals surface area contributed by atoms with Crippen LogP contribution < -0.4 is 5.32 Å². The van der Waals surface area contributed by atoms with Gasteiger partial charge in [-0.2, -0.15) is 0 Å². The minimum absolute atomic E-state index is 0.430. The van der Waals surface area contributed by atoms with Gasteiger partial charge in [-0.25, -0.2) is 4.79 Å². The van der Waals surface area contributed by atoms with Crippen LogP contribution in [0.5, 0.6) is 0 Å². The summed E-state index contributed by atoms with van der Waals surface area (Å²) in [7, 11) is 0. The van der Waals surface area contributed by atoms with E-state index in [1.807, 2.05) is 12.1 Å². The second-order valence-corrected chi connectivity index (χ2v) is 5.92. The van der Waals surface area contributed by atoms with Crippen molar-refractivity contribution in [3.05, 3.63) is 35.4 Å². The van der Waals surface area contributed by atoms with E-state index in [0.717, 1.165) is 51.4 Å². The second-order valence-electron chi connectivity index (χ2n) is 5.92. The average molecular weight is 289 g/mol. The molecule has 0 saturated carbocycles. The number of carboxylic acid groups (broad SMARTS) is 1. The van der Waals surface area contributed by atoms with Crippen LogP contribution in [0.15, 0.2) is 24.3 Å². The summed E-state index contributed by atoms with van der Waals surface area (Å²) < 4.78 is 0. The molecule has 2 heterocycles. The lowest BCUT2D eigenvalue weighted by atomic mass is 10.1. The van der Waals surface area contributed by atoms with E-state index in [4.69, 9.17) is 0 Å². The average Bonchev–Trinajstić information content (AvgIpc) is 3.03. The Hall–Kier alpha value is -1.43. The number of aromatic carboxylic acids is 1. The molecule has 0 radical (unpaired) electrons. The van der Waals surface area contributed by atoms with Crippen LogP contribution >= 0.6 is 0 Å². The largest absolute Gasteiger partial charge is 0.478 e. The maximum Gasteiger partial charge on any atom is 0.336 e. The van der Waals surface area contributed by atoms with Gasteiger partial charge in [0, 0.05) is 45.3 Å². The quantitative estimate of drug-likeness (QED) is 0.861. The van der Waals surface area contributed by atoms with Gasteiger partial charge < -0.3 is 10.4 Å². The van der Waals surface area contributed by atoms with Crippen molar-refractivity contribution in [2.24, 2.45) is 0 Å². The second kappa shape index (κ2) is 6.56. The summed E-state index contributed by atoms with van der Waals surface area (Å²) >= 11 is 0. The minimum Gasteiger partial charge on any atom is -0.478 e. The molecule has 1 aromatic carbocycles. The van der Waals surface area contributed by atoms with Crippen LogP contribution in [0.25, 0.3) is 0 Å². The van der Waals surface area contributed by atoms with Crippen LogP contribution in [0.3, 0.4) is 0 Å². The molecule has 114 valence electrons. The summed E-state index contributed by atoms with van der Waals surface area (Å²) in [6.07, 6.45) is 1.25. The summed E-state index contributed by atoms with van der Waals surface area (Å²) in [4.78, 5) is 16.2. The van der Waals surface area contributed by atoms with Gasteiger partial charge in [0.2, 0.25) is 0 Å². The fourth-order valence-corrected chi connectivity index (χ4v) is 3.35. The lowest BCUT2D eigenvalue weighted by Crippen LogP contribution is -2.50. The normalized spacial score (nSPS) is 24.3. The van der Waals surface area contributed by atoms with Crippen LogP contribution in [0.2, 0.25) is 0 Å². The maximum absolute atomic E-state index is 11.3. The van der Waals surface area contributed by atoms with E-state index in [9.17, 15) is 9.90 Å². The van der Waals surface area contributed by atoms with E-state index < -0.39 is 5.97 Å². The number of hydrogen-bond donors (Lipinski definition) is 2. The molecule has 0 unspecified atom stereocenters. The van der Waals surface area contributed by atoms with Crippen molar-refractivity contribution in [3.8, 4) is 0 Å². The summed E-state index contributed by atoms with van der Waals surface area (Å²) in [6.45, 7) is 7.19. The van der Waals surface area contributed by atoms with Crippen molar-refractivity contribution in [3.63, 3.8) is 0 Å². The first-order valence-electron chi connectivity index (χ1n) is 7.72. The van der Waals surface area contributed by atoms with E-state index in [0.29, 0.717) is 11.6 Å². The van der Waals surface area contributed by atoms with Crippen molar-refractivity contribution in [2.45, 2.75) is 19.0 Å². The Morgan fingerprint density at radius 1 is 1.24 bits per heavy atom. The van der Waals surface area contributed by atoms with Gasteiger partial charge in [0.25, 0.3) is 0 Å². The molecule has 5 nitrogen and oxygen atoms in total. The molecule has 1 aromatic rings. The van der Waals surface area contributed by atoms with E-state index >= 15 is 0 Å². The number of rotatable bonds is 4. The smallest absolute Gasteiger partial charge is 0.336 e. The van der Waals surface area contributed by atoms with Crippen LogP contribution in [0.1, 0.15) is 22.3 Å². The van der Waals surface area contributed by atoms with Gasteiger partial charge in [-0.3, -0.25) is 9.80 Å². The first-order valence-corrected chi connectivity index (χ1v) is 7.72.